The Labute approximate surface area is 192 Å². The van der Waals surface area contributed by atoms with Gasteiger partial charge in [0.15, 0.2) is 0 Å². The van der Waals surface area contributed by atoms with E-state index in [1.54, 1.807) is 0 Å². The number of hydrogen-bond donors (Lipinski definition) is 1. The van der Waals surface area contributed by atoms with Crippen LogP contribution in [-0.4, -0.2) is 48.4 Å². The minimum atomic E-state index is -0.575. The molecular formula is C28H36N2O2. The van der Waals surface area contributed by atoms with Crippen molar-refractivity contribution < 1.29 is 9.84 Å². The lowest BCUT2D eigenvalue weighted by molar-refractivity contribution is -0.0275. The van der Waals surface area contributed by atoms with Gasteiger partial charge in [0.05, 0.1) is 11.7 Å². The molecule has 4 nitrogen and oxygen atoms in total. The first kappa shape index (κ1) is 22.6. The molecule has 0 amide bonds. The van der Waals surface area contributed by atoms with Crippen molar-refractivity contribution in [3.05, 3.63) is 72.3 Å². The fourth-order valence-corrected chi connectivity index (χ4v) is 4.53. The van der Waals surface area contributed by atoms with Crippen LogP contribution in [0.5, 0.6) is 5.75 Å². The summed E-state index contributed by atoms with van der Waals surface area (Å²) in [7, 11) is 2.09. The highest BCUT2D eigenvalue weighted by molar-refractivity contribution is 5.82. The van der Waals surface area contributed by atoms with Crippen molar-refractivity contribution in [2.45, 2.75) is 51.4 Å². The molecule has 1 saturated heterocycles. The van der Waals surface area contributed by atoms with Gasteiger partial charge < -0.3 is 14.7 Å². The molecule has 0 aliphatic carbocycles. The van der Waals surface area contributed by atoms with Crippen LogP contribution < -0.4 is 9.64 Å². The van der Waals surface area contributed by atoms with Crippen molar-refractivity contribution >= 4 is 16.5 Å². The van der Waals surface area contributed by atoms with E-state index in [4.69, 9.17) is 4.74 Å². The van der Waals surface area contributed by atoms with Crippen LogP contribution in [0.1, 0.15) is 38.7 Å². The number of aliphatic hydroxyl groups is 1. The number of benzene rings is 3. The molecule has 0 radical (unpaired) electrons. The zero-order chi connectivity index (χ0) is 22.6. The second-order valence-corrected chi connectivity index (χ2v) is 9.51. The van der Waals surface area contributed by atoms with Gasteiger partial charge in [-0.15, -0.1) is 0 Å². The second-order valence-electron chi connectivity index (χ2n) is 9.51. The van der Waals surface area contributed by atoms with Gasteiger partial charge in [-0.05, 0) is 79.8 Å². The summed E-state index contributed by atoms with van der Waals surface area (Å²) in [6.07, 6.45) is 2.63. The van der Waals surface area contributed by atoms with Gasteiger partial charge in [-0.25, -0.2) is 0 Å². The molecule has 3 aromatic carbocycles. The number of anilines is 1. The van der Waals surface area contributed by atoms with Gasteiger partial charge in [-0.2, -0.15) is 0 Å². The third-order valence-electron chi connectivity index (χ3n) is 6.57. The van der Waals surface area contributed by atoms with Crippen LogP contribution in [0.25, 0.3) is 10.8 Å². The van der Waals surface area contributed by atoms with E-state index in [1.165, 1.54) is 16.3 Å². The molecule has 1 fully saturated rings. The van der Waals surface area contributed by atoms with Gasteiger partial charge in [0.2, 0.25) is 0 Å². The van der Waals surface area contributed by atoms with Crippen LogP contribution in [0.3, 0.4) is 0 Å². The summed E-state index contributed by atoms with van der Waals surface area (Å²) in [6.45, 7) is 7.74. The monoisotopic (exact) mass is 432 g/mol. The lowest BCUT2D eigenvalue weighted by atomic mass is 9.87. The molecule has 32 heavy (non-hydrogen) atoms. The van der Waals surface area contributed by atoms with Gasteiger partial charge in [0.1, 0.15) is 5.75 Å². The third kappa shape index (κ3) is 5.81. The normalized spacial score (nSPS) is 16.4. The summed E-state index contributed by atoms with van der Waals surface area (Å²) in [4.78, 5) is 4.69. The highest BCUT2D eigenvalue weighted by atomic mass is 16.5. The number of rotatable bonds is 8. The fourth-order valence-electron chi connectivity index (χ4n) is 4.53. The zero-order valence-electron chi connectivity index (χ0n) is 19.6. The standard InChI is InChI=1S/C28H36N2O2/c1-22(2)32-27-12-10-26(11-13-27)29(3)17-14-28(31)15-18-30(19-16-28)21-23-8-9-24-6-4-5-7-25(24)20-23/h4-13,20,22,31H,14-19,21H2,1-3H3. The van der Waals surface area contributed by atoms with Crippen LogP contribution >= 0.6 is 0 Å². The number of ether oxygens (including phenoxy) is 1. The summed E-state index contributed by atoms with van der Waals surface area (Å²) >= 11 is 0. The molecule has 3 aromatic rings. The first-order valence-corrected chi connectivity index (χ1v) is 11.8. The summed E-state index contributed by atoms with van der Waals surface area (Å²) < 4.78 is 5.73. The van der Waals surface area contributed by atoms with E-state index in [2.05, 4.69) is 71.4 Å². The second kappa shape index (κ2) is 9.93. The number of hydrogen-bond acceptors (Lipinski definition) is 4. The predicted octanol–water partition coefficient (Wildman–Crippen LogP) is 5.48. The van der Waals surface area contributed by atoms with Crippen molar-refractivity contribution in [3.8, 4) is 5.75 Å². The van der Waals surface area contributed by atoms with Crippen molar-refractivity contribution in [1.29, 1.82) is 0 Å². The summed E-state index contributed by atoms with van der Waals surface area (Å²) in [6, 6.07) is 23.5. The van der Waals surface area contributed by atoms with Crippen molar-refractivity contribution in [1.82, 2.24) is 4.90 Å². The zero-order valence-corrected chi connectivity index (χ0v) is 19.6. The average Bonchev–Trinajstić information content (AvgIpc) is 2.79. The molecule has 0 saturated carbocycles. The van der Waals surface area contributed by atoms with E-state index in [0.717, 1.165) is 56.9 Å². The number of nitrogens with zero attached hydrogens (tertiary/aromatic N) is 2. The minimum absolute atomic E-state index is 0.180. The minimum Gasteiger partial charge on any atom is -0.491 e. The van der Waals surface area contributed by atoms with Crippen molar-refractivity contribution in [2.75, 3.05) is 31.6 Å². The maximum Gasteiger partial charge on any atom is 0.119 e. The Morgan fingerprint density at radius 1 is 0.969 bits per heavy atom. The van der Waals surface area contributed by atoms with Gasteiger partial charge in [0, 0.05) is 38.9 Å². The third-order valence-corrected chi connectivity index (χ3v) is 6.57. The molecule has 1 aliphatic heterocycles. The summed E-state index contributed by atoms with van der Waals surface area (Å²) in [5.74, 6) is 0.898. The van der Waals surface area contributed by atoms with Crippen LogP contribution in [0.2, 0.25) is 0 Å². The molecule has 0 spiro atoms. The fraction of sp³-hybridized carbons (Fsp3) is 0.429. The molecule has 0 atom stereocenters. The lowest BCUT2D eigenvalue weighted by Crippen LogP contribution is -2.45. The van der Waals surface area contributed by atoms with Gasteiger partial charge >= 0.3 is 0 Å². The topological polar surface area (TPSA) is 35.9 Å². The Bertz CT molecular complexity index is 1010. The van der Waals surface area contributed by atoms with E-state index < -0.39 is 5.60 Å². The van der Waals surface area contributed by atoms with E-state index in [0.29, 0.717) is 0 Å². The Morgan fingerprint density at radius 2 is 1.66 bits per heavy atom. The molecule has 4 heteroatoms. The maximum atomic E-state index is 11.2. The van der Waals surface area contributed by atoms with Gasteiger partial charge in [0.25, 0.3) is 0 Å². The summed E-state index contributed by atoms with van der Waals surface area (Å²) in [5, 5.41) is 13.7. The largest absolute Gasteiger partial charge is 0.491 e. The van der Waals surface area contributed by atoms with E-state index >= 15 is 0 Å². The lowest BCUT2D eigenvalue weighted by Gasteiger charge is -2.39. The first-order valence-electron chi connectivity index (χ1n) is 11.8. The first-order chi connectivity index (χ1) is 15.4. The molecule has 1 heterocycles. The molecule has 4 rings (SSSR count). The van der Waals surface area contributed by atoms with E-state index in [1.807, 2.05) is 26.0 Å². The Morgan fingerprint density at radius 3 is 2.34 bits per heavy atom. The highest BCUT2D eigenvalue weighted by Crippen LogP contribution is 2.28. The van der Waals surface area contributed by atoms with Crippen LogP contribution in [0.4, 0.5) is 5.69 Å². The SMILES string of the molecule is CC(C)Oc1ccc(N(C)CCC2(O)CCN(Cc3ccc4ccccc4c3)CC2)cc1. The number of piperidine rings is 1. The highest BCUT2D eigenvalue weighted by Gasteiger charge is 2.32. The number of likely N-dealkylation sites (tertiary alicyclic amines) is 1. The van der Waals surface area contributed by atoms with Crippen LogP contribution in [0, 0.1) is 0 Å². The molecule has 1 aliphatic rings. The Balaban J connectivity index is 1.26. The molecule has 0 unspecified atom stereocenters. The van der Waals surface area contributed by atoms with Gasteiger partial charge in [-0.3, -0.25) is 4.90 Å². The molecule has 0 aromatic heterocycles. The summed E-state index contributed by atoms with van der Waals surface area (Å²) in [5.41, 5.74) is 1.92. The molecular weight excluding hydrogens is 396 g/mol. The van der Waals surface area contributed by atoms with Gasteiger partial charge in [-0.1, -0.05) is 36.4 Å². The Hall–Kier alpha value is -2.56. The van der Waals surface area contributed by atoms with E-state index in [9.17, 15) is 5.11 Å². The van der Waals surface area contributed by atoms with Crippen molar-refractivity contribution in [2.24, 2.45) is 0 Å². The quantitative estimate of drug-likeness (QED) is 0.511. The maximum absolute atomic E-state index is 11.2. The molecule has 170 valence electrons. The van der Waals surface area contributed by atoms with Crippen LogP contribution in [-0.2, 0) is 6.54 Å². The molecule has 0 bridgehead atoms. The predicted molar refractivity (Wildman–Crippen MR) is 134 cm³/mol. The number of fused-ring (bicyclic) bond motifs is 1. The molecule has 1 N–H and O–H groups in total. The van der Waals surface area contributed by atoms with E-state index in [-0.39, 0.29) is 6.10 Å². The van der Waals surface area contributed by atoms with Crippen molar-refractivity contribution in [3.63, 3.8) is 0 Å². The average molecular weight is 433 g/mol. The van der Waals surface area contributed by atoms with Crippen LogP contribution in [0.15, 0.2) is 66.7 Å². The smallest absolute Gasteiger partial charge is 0.119 e. The Kier molecular flexibility index (Phi) is 7.02.